The molecule has 2 aromatic rings. The third-order valence-electron chi connectivity index (χ3n) is 3.58. The molecule has 0 unspecified atom stereocenters. The fourth-order valence-electron chi connectivity index (χ4n) is 2.47. The van der Waals surface area contributed by atoms with Gasteiger partial charge in [0.1, 0.15) is 0 Å². The van der Waals surface area contributed by atoms with Crippen molar-refractivity contribution in [2.24, 2.45) is 0 Å². The van der Waals surface area contributed by atoms with Gasteiger partial charge < -0.3 is 4.90 Å². The number of piperidine rings is 1. The minimum atomic E-state index is 0.469. The lowest BCUT2D eigenvalue weighted by atomic mass is 9.96. The van der Waals surface area contributed by atoms with E-state index in [0.29, 0.717) is 5.92 Å². The third-order valence-corrected chi connectivity index (χ3v) is 3.58. The molecule has 18 heavy (non-hydrogen) atoms. The van der Waals surface area contributed by atoms with Crippen LogP contribution in [0.4, 0.5) is 0 Å². The molecule has 1 aromatic carbocycles. The van der Waals surface area contributed by atoms with E-state index in [4.69, 9.17) is 0 Å². The summed E-state index contributed by atoms with van der Waals surface area (Å²) in [7, 11) is 2.16. The van der Waals surface area contributed by atoms with E-state index in [1.807, 2.05) is 35.0 Å². The van der Waals surface area contributed by atoms with Gasteiger partial charge in [0.05, 0.1) is 5.69 Å². The van der Waals surface area contributed by atoms with Gasteiger partial charge in [-0.05, 0) is 55.5 Å². The maximum Gasteiger partial charge on any atom is 0.159 e. The summed E-state index contributed by atoms with van der Waals surface area (Å²) in [5.74, 6) is 1.46. The Bertz CT molecular complexity index is 499. The van der Waals surface area contributed by atoms with Crippen LogP contribution in [0, 0.1) is 0 Å². The summed E-state index contributed by atoms with van der Waals surface area (Å²) in [6, 6.07) is 10.1. The van der Waals surface area contributed by atoms with Crippen molar-refractivity contribution in [1.29, 1.82) is 0 Å². The van der Waals surface area contributed by atoms with Gasteiger partial charge in [0, 0.05) is 5.92 Å². The summed E-state index contributed by atoms with van der Waals surface area (Å²) in [4.78, 5) is 2.35. The van der Waals surface area contributed by atoms with Gasteiger partial charge in [0.25, 0.3) is 0 Å². The van der Waals surface area contributed by atoms with Crippen LogP contribution in [0.3, 0.4) is 0 Å². The minimum Gasteiger partial charge on any atom is -0.306 e. The van der Waals surface area contributed by atoms with E-state index in [0.717, 1.165) is 37.4 Å². The second-order valence-corrected chi connectivity index (χ2v) is 4.86. The van der Waals surface area contributed by atoms with Crippen molar-refractivity contribution in [3.05, 3.63) is 36.2 Å². The predicted molar refractivity (Wildman–Crippen MR) is 68.6 cm³/mol. The average Bonchev–Trinajstić information content (AvgIpc) is 2.90. The summed E-state index contributed by atoms with van der Waals surface area (Å²) < 4.78 is 1.87. The molecule has 0 atom stereocenters. The van der Waals surface area contributed by atoms with Crippen molar-refractivity contribution in [2.45, 2.75) is 18.8 Å². The van der Waals surface area contributed by atoms with E-state index < -0.39 is 0 Å². The number of rotatable bonds is 2. The first kappa shape index (κ1) is 11.3. The van der Waals surface area contributed by atoms with Gasteiger partial charge in [-0.1, -0.05) is 18.2 Å². The fourth-order valence-corrected chi connectivity index (χ4v) is 2.47. The van der Waals surface area contributed by atoms with Crippen LogP contribution in [-0.2, 0) is 0 Å². The number of aromatic nitrogens is 4. The van der Waals surface area contributed by atoms with Gasteiger partial charge in [0.2, 0.25) is 0 Å². The molecule has 2 heterocycles. The number of benzene rings is 1. The van der Waals surface area contributed by atoms with Crippen LogP contribution in [0.25, 0.3) is 5.69 Å². The van der Waals surface area contributed by atoms with Gasteiger partial charge in [-0.2, -0.15) is 4.68 Å². The zero-order valence-corrected chi connectivity index (χ0v) is 10.5. The van der Waals surface area contributed by atoms with Crippen LogP contribution in [0.1, 0.15) is 24.6 Å². The Balaban J connectivity index is 1.88. The average molecular weight is 243 g/mol. The van der Waals surface area contributed by atoms with Gasteiger partial charge >= 0.3 is 0 Å². The Hall–Kier alpha value is -1.75. The predicted octanol–water partition coefficient (Wildman–Crippen LogP) is 1.47. The molecule has 0 N–H and O–H groups in total. The molecule has 0 radical (unpaired) electrons. The lowest BCUT2D eigenvalue weighted by Gasteiger charge is -2.27. The maximum absolute atomic E-state index is 4.22. The molecule has 0 aliphatic carbocycles. The molecule has 5 heteroatoms. The molecule has 0 spiro atoms. The summed E-state index contributed by atoms with van der Waals surface area (Å²) in [6.45, 7) is 2.23. The summed E-state index contributed by atoms with van der Waals surface area (Å²) in [5, 5.41) is 12.2. The zero-order chi connectivity index (χ0) is 12.4. The van der Waals surface area contributed by atoms with Crippen LogP contribution < -0.4 is 0 Å². The third kappa shape index (κ3) is 2.13. The second-order valence-electron chi connectivity index (χ2n) is 4.86. The zero-order valence-electron chi connectivity index (χ0n) is 10.5. The van der Waals surface area contributed by atoms with Crippen LogP contribution in [-0.4, -0.2) is 45.2 Å². The Kier molecular flexibility index (Phi) is 3.06. The van der Waals surface area contributed by atoms with E-state index in [1.165, 1.54) is 0 Å². The van der Waals surface area contributed by atoms with Crippen LogP contribution in [0.15, 0.2) is 30.3 Å². The van der Waals surface area contributed by atoms with Gasteiger partial charge in [-0.15, -0.1) is 5.10 Å². The van der Waals surface area contributed by atoms with Gasteiger partial charge in [-0.3, -0.25) is 0 Å². The van der Waals surface area contributed by atoms with Crippen molar-refractivity contribution in [1.82, 2.24) is 25.1 Å². The largest absolute Gasteiger partial charge is 0.306 e. The summed E-state index contributed by atoms with van der Waals surface area (Å²) in [5.41, 5.74) is 1.04. The highest BCUT2D eigenvalue weighted by Gasteiger charge is 2.24. The van der Waals surface area contributed by atoms with Crippen molar-refractivity contribution >= 4 is 0 Å². The van der Waals surface area contributed by atoms with Crippen molar-refractivity contribution in [3.63, 3.8) is 0 Å². The normalized spacial score (nSPS) is 18.1. The minimum absolute atomic E-state index is 0.469. The maximum atomic E-state index is 4.22. The molecule has 1 fully saturated rings. The standard InChI is InChI=1S/C13H17N5/c1-17-9-7-11(8-10-17)13-14-15-16-18(13)12-5-3-2-4-6-12/h2-6,11H,7-10H2,1H3. The smallest absolute Gasteiger partial charge is 0.159 e. The quantitative estimate of drug-likeness (QED) is 0.801. The van der Waals surface area contributed by atoms with Crippen molar-refractivity contribution in [3.8, 4) is 5.69 Å². The number of para-hydroxylation sites is 1. The van der Waals surface area contributed by atoms with Gasteiger partial charge in [-0.25, -0.2) is 0 Å². The molecule has 0 bridgehead atoms. The van der Waals surface area contributed by atoms with Crippen LogP contribution in [0.5, 0.6) is 0 Å². The van der Waals surface area contributed by atoms with E-state index >= 15 is 0 Å². The van der Waals surface area contributed by atoms with Crippen molar-refractivity contribution < 1.29 is 0 Å². The second kappa shape index (κ2) is 4.86. The molecule has 94 valence electrons. The van der Waals surface area contributed by atoms with E-state index in [-0.39, 0.29) is 0 Å². The molecular formula is C13H17N5. The monoisotopic (exact) mass is 243 g/mol. The Labute approximate surface area is 106 Å². The lowest BCUT2D eigenvalue weighted by Crippen LogP contribution is -2.30. The number of nitrogens with zero attached hydrogens (tertiary/aromatic N) is 5. The van der Waals surface area contributed by atoms with Gasteiger partial charge in [0.15, 0.2) is 5.82 Å². The Morgan fingerprint density at radius 1 is 1.11 bits per heavy atom. The topological polar surface area (TPSA) is 46.8 Å². The highest BCUT2D eigenvalue weighted by Crippen LogP contribution is 2.26. The molecule has 1 aliphatic rings. The van der Waals surface area contributed by atoms with E-state index in [1.54, 1.807) is 0 Å². The number of tetrazole rings is 1. The first-order valence-corrected chi connectivity index (χ1v) is 6.37. The number of hydrogen-bond donors (Lipinski definition) is 0. The molecule has 1 aromatic heterocycles. The molecule has 0 saturated carbocycles. The first-order chi connectivity index (χ1) is 8.84. The Morgan fingerprint density at radius 3 is 2.56 bits per heavy atom. The fraction of sp³-hybridized carbons (Fsp3) is 0.462. The van der Waals surface area contributed by atoms with E-state index in [2.05, 4.69) is 27.5 Å². The summed E-state index contributed by atoms with van der Waals surface area (Å²) in [6.07, 6.45) is 2.26. The van der Waals surface area contributed by atoms with E-state index in [9.17, 15) is 0 Å². The van der Waals surface area contributed by atoms with Crippen LogP contribution in [0.2, 0.25) is 0 Å². The highest BCUT2D eigenvalue weighted by atomic mass is 15.5. The number of likely N-dealkylation sites (tertiary alicyclic amines) is 1. The Morgan fingerprint density at radius 2 is 1.83 bits per heavy atom. The first-order valence-electron chi connectivity index (χ1n) is 6.37. The summed E-state index contributed by atoms with van der Waals surface area (Å²) >= 11 is 0. The molecule has 1 aliphatic heterocycles. The number of hydrogen-bond acceptors (Lipinski definition) is 4. The molecule has 1 saturated heterocycles. The molecule has 0 amide bonds. The highest BCUT2D eigenvalue weighted by molar-refractivity contribution is 5.31. The van der Waals surface area contributed by atoms with Crippen molar-refractivity contribution in [2.75, 3.05) is 20.1 Å². The molecule has 3 rings (SSSR count). The molecular weight excluding hydrogens is 226 g/mol. The molecule has 5 nitrogen and oxygen atoms in total. The van der Waals surface area contributed by atoms with Crippen LogP contribution >= 0.6 is 0 Å². The lowest BCUT2D eigenvalue weighted by molar-refractivity contribution is 0.249. The SMILES string of the molecule is CN1CCC(c2nnnn2-c2ccccc2)CC1.